The number of nitrogens with one attached hydrogen (secondary N) is 1. The standard InChI is InChI=1S/C19H26N4O4/c1-5-15-16(19(25)26-4)13(3)17(20-15)18(24)23-8-6-22(7-9-23)11-14-10-12(2)21-27-14/h10,20H,5-9,11H2,1-4H3. The third kappa shape index (κ3) is 3.90. The second-order valence-corrected chi connectivity index (χ2v) is 6.83. The van der Waals surface area contributed by atoms with E-state index in [0.29, 0.717) is 42.9 Å². The van der Waals surface area contributed by atoms with Gasteiger partial charge in [-0.1, -0.05) is 12.1 Å². The molecule has 0 radical (unpaired) electrons. The Bertz CT molecular complexity index is 831. The van der Waals surface area contributed by atoms with Crippen molar-refractivity contribution in [1.29, 1.82) is 0 Å². The average Bonchev–Trinajstić information content (AvgIpc) is 3.23. The topological polar surface area (TPSA) is 91.7 Å². The number of piperazine rings is 1. The van der Waals surface area contributed by atoms with Gasteiger partial charge in [0.2, 0.25) is 0 Å². The first kappa shape index (κ1) is 19.2. The number of hydrogen-bond acceptors (Lipinski definition) is 6. The van der Waals surface area contributed by atoms with E-state index in [1.54, 1.807) is 6.92 Å². The first-order valence-corrected chi connectivity index (χ1v) is 9.18. The summed E-state index contributed by atoms with van der Waals surface area (Å²) in [5.41, 5.74) is 3.22. The number of methoxy groups -OCH3 is 1. The number of aryl methyl sites for hydroxylation is 2. The van der Waals surface area contributed by atoms with E-state index < -0.39 is 5.97 Å². The van der Waals surface area contributed by atoms with Gasteiger partial charge in [-0.05, 0) is 25.8 Å². The van der Waals surface area contributed by atoms with Gasteiger partial charge in [-0.15, -0.1) is 0 Å². The SMILES string of the molecule is CCc1[nH]c(C(=O)N2CCN(Cc3cc(C)no3)CC2)c(C)c1C(=O)OC. The fourth-order valence-corrected chi connectivity index (χ4v) is 3.49. The summed E-state index contributed by atoms with van der Waals surface area (Å²) >= 11 is 0. The molecule has 1 aliphatic heterocycles. The summed E-state index contributed by atoms with van der Waals surface area (Å²) in [6.07, 6.45) is 0.628. The van der Waals surface area contributed by atoms with E-state index >= 15 is 0 Å². The van der Waals surface area contributed by atoms with Gasteiger partial charge in [0.25, 0.3) is 5.91 Å². The fraction of sp³-hybridized carbons (Fsp3) is 0.526. The van der Waals surface area contributed by atoms with Gasteiger partial charge in [-0.2, -0.15) is 0 Å². The molecule has 1 fully saturated rings. The van der Waals surface area contributed by atoms with Crippen LogP contribution in [0.4, 0.5) is 0 Å². The number of aromatic amines is 1. The smallest absolute Gasteiger partial charge is 0.339 e. The normalized spacial score (nSPS) is 15.2. The van der Waals surface area contributed by atoms with Crippen LogP contribution in [0.25, 0.3) is 0 Å². The summed E-state index contributed by atoms with van der Waals surface area (Å²) in [5.74, 6) is 0.349. The van der Waals surface area contributed by atoms with Crippen LogP contribution in [-0.2, 0) is 17.7 Å². The number of H-pyrrole nitrogens is 1. The van der Waals surface area contributed by atoms with Crippen LogP contribution in [0, 0.1) is 13.8 Å². The summed E-state index contributed by atoms with van der Waals surface area (Å²) < 4.78 is 10.1. The van der Waals surface area contributed by atoms with Crippen LogP contribution in [0.1, 0.15) is 50.5 Å². The molecule has 2 aromatic heterocycles. The van der Waals surface area contributed by atoms with Crippen molar-refractivity contribution >= 4 is 11.9 Å². The average molecular weight is 374 g/mol. The van der Waals surface area contributed by atoms with Gasteiger partial charge < -0.3 is 19.1 Å². The van der Waals surface area contributed by atoms with Crippen molar-refractivity contribution in [2.24, 2.45) is 0 Å². The van der Waals surface area contributed by atoms with Crippen LogP contribution in [0.5, 0.6) is 0 Å². The summed E-state index contributed by atoms with van der Waals surface area (Å²) in [5, 5.41) is 3.91. The predicted molar refractivity (Wildman–Crippen MR) is 98.7 cm³/mol. The van der Waals surface area contributed by atoms with Crippen LogP contribution >= 0.6 is 0 Å². The fourth-order valence-electron chi connectivity index (χ4n) is 3.49. The van der Waals surface area contributed by atoms with E-state index in [0.717, 1.165) is 30.2 Å². The highest BCUT2D eigenvalue weighted by molar-refractivity contribution is 6.00. The van der Waals surface area contributed by atoms with Gasteiger partial charge in [0.05, 0.1) is 24.9 Å². The number of carbonyl (C=O) groups is 2. The largest absolute Gasteiger partial charge is 0.465 e. The highest BCUT2D eigenvalue weighted by Gasteiger charge is 2.28. The summed E-state index contributed by atoms with van der Waals surface area (Å²) in [6.45, 7) is 9.09. The predicted octanol–water partition coefficient (Wildman–Crippen LogP) is 1.93. The molecular formula is C19H26N4O4. The molecule has 0 unspecified atom stereocenters. The molecule has 1 amide bonds. The number of hydrogen-bond donors (Lipinski definition) is 1. The van der Waals surface area contributed by atoms with Gasteiger partial charge >= 0.3 is 5.97 Å². The Morgan fingerprint density at radius 3 is 2.52 bits per heavy atom. The lowest BCUT2D eigenvalue weighted by Crippen LogP contribution is -2.48. The Kier molecular flexibility index (Phi) is 5.65. The molecule has 146 valence electrons. The van der Waals surface area contributed by atoms with Gasteiger partial charge in [-0.3, -0.25) is 9.69 Å². The molecule has 0 spiro atoms. The van der Waals surface area contributed by atoms with Crippen LogP contribution in [-0.4, -0.2) is 65.1 Å². The summed E-state index contributed by atoms with van der Waals surface area (Å²) in [4.78, 5) is 32.2. The number of esters is 1. The molecule has 1 saturated heterocycles. The minimum absolute atomic E-state index is 0.0764. The van der Waals surface area contributed by atoms with Crippen LogP contribution in [0.2, 0.25) is 0 Å². The number of aromatic nitrogens is 2. The van der Waals surface area contributed by atoms with E-state index in [9.17, 15) is 9.59 Å². The lowest BCUT2D eigenvalue weighted by Gasteiger charge is -2.34. The second-order valence-electron chi connectivity index (χ2n) is 6.83. The van der Waals surface area contributed by atoms with E-state index in [-0.39, 0.29) is 5.91 Å². The molecule has 0 atom stereocenters. The maximum atomic E-state index is 13.0. The van der Waals surface area contributed by atoms with Crippen molar-refractivity contribution in [3.8, 4) is 0 Å². The van der Waals surface area contributed by atoms with Crippen LogP contribution in [0.3, 0.4) is 0 Å². The van der Waals surface area contributed by atoms with Gasteiger partial charge in [0, 0.05) is 37.9 Å². The highest BCUT2D eigenvalue weighted by Crippen LogP contribution is 2.22. The minimum atomic E-state index is -0.410. The van der Waals surface area contributed by atoms with Crippen molar-refractivity contribution in [2.45, 2.75) is 33.7 Å². The molecule has 0 saturated carbocycles. The molecule has 3 heterocycles. The lowest BCUT2D eigenvalue weighted by atomic mass is 10.1. The third-order valence-corrected chi connectivity index (χ3v) is 5.00. The molecular weight excluding hydrogens is 348 g/mol. The lowest BCUT2D eigenvalue weighted by molar-refractivity contribution is 0.0598. The van der Waals surface area contributed by atoms with Gasteiger partial charge in [0.15, 0.2) is 5.76 Å². The van der Waals surface area contributed by atoms with E-state index in [2.05, 4.69) is 15.0 Å². The molecule has 8 nitrogen and oxygen atoms in total. The maximum absolute atomic E-state index is 13.0. The Labute approximate surface area is 158 Å². The van der Waals surface area contributed by atoms with E-state index in [4.69, 9.17) is 9.26 Å². The molecule has 2 aromatic rings. The van der Waals surface area contributed by atoms with Crippen molar-refractivity contribution in [3.63, 3.8) is 0 Å². The zero-order chi connectivity index (χ0) is 19.6. The maximum Gasteiger partial charge on any atom is 0.339 e. The van der Waals surface area contributed by atoms with Crippen molar-refractivity contribution in [1.82, 2.24) is 19.9 Å². The van der Waals surface area contributed by atoms with Crippen molar-refractivity contribution in [2.75, 3.05) is 33.3 Å². The third-order valence-electron chi connectivity index (χ3n) is 5.00. The number of carbonyl (C=O) groups excluding carboxylic acids is 2. The van der Waals surface area contributed by atoms with Crippen molar-refractivity contribution in [3.05, 3.63) is 40.0 Å². The Morgan fingerprint density at radius 2 is 1.96 bits per heavy atom. The number of rotatable bonds is 5. The van der Waals surface area contributed by atoms with Gasteiger partial charge in [-0.25, -0.2) is 4.79 Å². The zero-order valence-corrected chi connectivity index (χ0v) is 16.3. The number of amides is 1. The quantitative estimate of drug-likeness (QED) is 0.804. The Hall–Kier alpha value is -2.61. The summed E-state index contributed by atoms with van der Waals surface area (Å²) in [6, 6.07) is 1.93. The number of nitrogens with zero attached hydrogens (tertiary/aromatic N) is 3. The molecule has 27 heavy (non-hydrogen) atoms. The highest BCUT2D eigenvalue weighted by atomic mass is 16.5. The van der Waals surface area contributed by atoms with E-state index in [1.165, 1.54) is 7.11 Å². The Morgan fingerprint density at radius 1 is 1.26 bits per heavy atom. The monoisotopic (exact) mass is 374 g/mol. The molecule has 1 N–H and O–H groups in total. The second kappa shape index (κ2) is 7.96. The molecule has 8 heteroatoms. The summed E-state index contributed by atoms with van der Waals surface area (Å²) in [7, 11) is 1.35. The van der Waals surface area contributed by atoms with Gasteiger partial charge in [0.1, 0.15) is 5.69 Å². The molecule has 1 aliphatic rings. The minimum Gasteiger partial charge on any atom is -0.465 e. The number of ether oxygens (including phenoxy) is 1. The Balaban J connectivity index is 1.67. The molecule has 3 rings (SSSR count). The van der Waals surface area contributed by atoms with Crippen LogP contribution in [0.15, 0.2) is 10.6 Å². The first-order valence-electron chi connectivity index (χ1n) is 9.18. The molecule has 0 aromatic carbocycles. The van der Waals surface area contributed by atoms with Crippen molar-refractivity contribution < 1.29 is 18.8 Å². The molecule has 0 aliphatic carbocycles. The van der Waals surface area contributed by atoms with E-state index in [1.807, 2.05) is 24.8 Å². The zero-order valence-electron chi connectivity index (χ0n) is 16.3. The molecule has 0 bridgehead atoms. The first-order chi connectivity index (χ1) is 12.9. The van der Waals surface area contributed by atoms with Crippen LogP contribution < -0.4 is 0 Å².